The lowest BCUT2D eigenvalue weighted by atomic mass is 9.83. The van der Waals surface area contributed by atoms with Crippen LogP contribution in [-0.2, 0) is 14.4 Å². The van der Waals surface area contributed by atoms with Gasteiger partial charge in [0.05, 0.1) is 0 Å². The number of halogens is 1. The second-order valence-electron chi connectivity index (χ2n) is 7.98. The van der Waals surface area contributed by atoms with E-state index in [2.05, 4.69) is 5.32 Å². The number of benzene rings is 1. The smallest absolute Gasteiger partial charge is 0.325 e. The lowest BCUT2D eigenvalue weighted by Crippen LogP contribution is -2.45. The first-order valence-corrected chi connectivity index (χ1v) is 9.97. The number of nitrogens with zero attached hydrogens (tertiary/aromatic N) is 2. The molecule has 1 aromatic rings. The minimum atomic E-state index is -0.939. The number of urea groups is 1. The molecule has 1 aromatic carbocycles. The van der Waals surface area contributed by atoms with Crippen LogP contribution in [0.25, 0.3) is 0 Å². The summed E-state index contributed by atoms with van der Waals surface area (Å²) in [6.07, 6.45) is 4.48. The van der Waals surface area contributed by atoms with E-state index in [0.717, 1.165) is 29.1 Å². The Bertz CT molecular complexity index is 840. The molecule has 7 nitrogen and oxygen atoms in total. The van der Waals surface area contributed by atoms with Crippen molar-refractivity contribution in [1.82, 2.24) is 9.80 Å². The highest BCUT2D eigenvalue weighted by molar-refractivity contribution is 6.45. The monoisotopic (exact) mass is 403 g/mol. The van der Waals surface area contributed by atoms with Gasteiger partial charge in [0.15, 0.2) is 0 Å². The third kappa shape index (κ3) is 3.28. The van der Waals surface area contributed by atoms with Crippen molar-refractivity contribution >= 4 is 41.0 Å². The summed E-state index contributed by atoms with van der Waals surface area (Å²) in [4.78, 5) is 51.7. The van der Waals surface area contributed by atoms with Crippen LogP contribution in [0.1, 0.15) is 32.6 Å². The Labute approximate surface area is 168 Å². The fraction of sp³-hybridized carbons (Fsp3) is 0.500. The van der Waals surface area contributed by atoms with Crippen molar-refractivity contribution in [2.75, 3.05) is 11.9 Å². The van der Waals surface area contributed by atoms with Crippen molar-refractivity contribution in [3.05, 3.63) is 29.3 Å². The molecule has 1 N–H and O–H groups in total. The van der Waals surface area contributed by atoms with Crippen LogP contribution in [0.15, 0.2) is 24.3 Å². The number of hydrogen-bond donors (Lipinski definition) is 1. The van der Waals surface area contributed by atoms with Crippen LogP contribution >= 0.6 is 11.6 Å². The maximum atomic E-state index is 12.8. The molecular formula is C20H22ClN3O4. The number of carbonyl (C=O) groups excluding carboxylic acids is 4. The van der Waals surface area contributed by atoms with Crippen LogP contribution in [0.5, 0.6) is 0 Å². The van der Waals surface area contributed by atoms with Gasteiger partial charge in [-0.15, -0.1) is 0 Å². The normalized spacial score (nSPS) is 27.6. The summed E-state index contributed by atoms with van der Waals surface area (Å²) in [5.41, 5.74) is 0.493. The molecule has 3 aliphatic rings. The number of hydrogen-bond acceptors (Lipinski definition) is 4. The molecule has 4 rings (SSSR count). The Balaban J connectivity index is 1.43. The first-order chi connectivity index (χ1) is 13.3. The number of anilines is 1. The van der Waals surface area contributed by atoms with E-state index in [9.17, 15) is 19.2 Å². The summed E-state index contributed by atoms with van der Waals surface area (Å²) in [7, 11) is 0. The summed E-state index contributed by atoms with van der Waals surface area (Å²) in [5.74, 6) is -0.903. The van der Waals surface area contributed by atoms with Crippen molar-refractivity contribution in [1.29, 1.82) is 0 Å². The molecule has 3 fully saturated rings. The fourth-order valence-corrected chi connectivity index (χ4v) is 5.10. The second-order valence-corrected chi connectivity index (χ2v) is 8.42. The molecule has 0 aromatic heterocycles. The number of nitrogens with one attached hydrogen (secondary N) is 1. The highest BCUT2D eigenvalue weighted by Crippen LogP contribution is 2.50. The van der Waals surface area contributed by atoms with Crippen molar-refractivity contribution in [2.45, 2.75) is 38.6 Å². The lowest BCUT2D eigenvalue weighted by molar-refractivity contribution is -0.144. The first-order valence-electron chi connectivity index (χ1n) is 9.59. The second kappa shape index (κ2) is 7.20. The quantitative estimate of drug-likeness (QED) is 0.605. The maximum Gasteiger partial charge on any atom is 0.334 e. The lowest BCUT2D eigenvalue weighted by Gasteiger charge is -2.32. The molecule has 0 radical (unpaired) electrons. The van der Waals surface area contributed by atoms with Gasteiger partial charge < -0.3 is 5.32 Å². The zero-order valence-corrected chi connectivity index (χ0v) is 16.3. The molecule has 28 heavy (non-hydrogen) atoms. The first kappa shape index (κ1) is 18.9. The highest BCUT2D eigenvalue weighted by Gasteiger charge is 2.52. The molecule has 0 unspecified atom stereocenters. The van der Waals surface area contributed by atoms with Crippen molar-refractivity contribution in [3.8, 4) is 0 Å². The maximum absolute atomic E-state index is 12.8. The predicted octanol–water partition coefficient (Wildman–Crippen LogP) is 2.89. The van der Waals surface area contributed by atoms with E-state index in [-0.39, 0.29) is 12.0 Å². The predicted molar refractivity (Wildman–Crippen MR) is 102 cm³/mol. The van der Waals surface area contributed by atoms with Gasteiger partial charge >= 0.3 is 17.8 Å². The van der Waals surface area contributed by atoms with Crippen LogP contribution in [0, 0.1) is 17.8 Å². The van der Waals surface area contributed by atoms with Gasteiger partial charge in [-0.2, -0.15) is 0 Å². The SMILES string of the molecule is C[C@@H]([C@@H]1C[C@H]2CC[C@H]1C2)N1C(=O)C(=O)N(CC(=O)Nc2ccc(Cl)cc2)C1=O. The Morgan fingerprint density at radius 1 is 1.14 bits per heavy atom. The van der Waals surface area contributed by atoms with Gasteiger partial charge in [0.1, 0.15) is 6.54 Å². The molecule has 1 saturated heterocycles. The molecule has 4 atom stereocenters. The van der Waals surface area contributed by atoms with Crippen LogP contribution in [0.4, 0.5) is 10.5 Å². The van der Waals surface area contributed by atoms with E-state index in [0.29, 0.717) is 22.5 Å². The zero-order chi connectivity index (χ0) is 20.0. The van der Waals surface area contributed by atoms with Crippen LogP contribution < -0.4 is 5.32 Å². The van der Waals surface area contributed by atoms with Crippen molar-refractivity contribution in [3.63, 3.8) is 0 Å². The molecule has 8 heteroatoms. The highest BCUT2D eigenvalue weighted by atomic mass is 35.5. The van der Waals surface area contributed by atoms with E-state index in [4.69, 9.17) is 11.6 Å². The molecule has 2 bridgehead atoms. The molecule has 148 valence electrons. The molecule has 2 saturated carbocycles. The topological polar surface area (TPSA) is 86.8 Å². The Morgan fingerprint density at radius 3 is 2.46 bits per heavy atom. The van der Waals surface area contributed by atoms with Gasteiger partial charge in [0, 0.05) is 16.8 Å². The van der Waals surface area contributed by atoms with Crippen LogP contribution in [0.2, 0.25) is 5.02 Å². The summed E-state index contributed by atoms with van der Waals surface area (Å²) in [5, 5.41) is 3.13. The van der Waals surface area contributed by atoms with Gasteiger partial charge in [-0.05, 0) is 68.2 Å². The van der Waals surface area contributed by atoms with Gasteiger partial charge in [-0.25, -0.2) is 9.69 Å². The van der Waals surface area contributed by atoms with Crippen LogP contribution in [0.3, 0.4) is 0 Å². The standard InChI is InChI=1S/C20H22ClN3O4/c1-11(16-9-12-2-3-13(16)8-12)24-19(27)18(26)23(20(24)28)10-17(25)22-15-6-4-14(21)5-7-15/h4-7,11-13,16H,2-3,8-10H2,1H3,(H,22,25)/t11-,12-,13-,16-/m0/s1. The number of carbonyl (C=O) groups is 4. The van der Waals surface area contributed by atoms with E-state index < -0.39 is 30.3 Å². The molecule has 2 aliphatic carbocycles. The van der Waals surface area contributed by atoms with E-state index >= 15 is 0 Å². The van der Waals surface area contributed by atoms with Crippen LogP contribution in [-0.4, -0.2) is 46.1 Å². The Morgan fingerprint density at radius 2 is 1.86 bits per heavy atom. The van der Waals surface area contributed by atoms with E-state index in [1.807, 2.05) is 6.92 Å². The molecule has 1 aliphatic heterocycles. The summed E-state index contributed by atoms with van der Waals surface area (Å²) >= 11 is 5.81. The van der Waals surface area contributed by atoms with Crippen molar-refractivity contribution < 1.29 is 19.2 Å². The number of rotatable bonds is 5. The average Bonchev–Trinajstić information content (AvgIpc) is 3.35. The minimum absolute atomic E-state index is 0.238. The summed E-state index contributed by atoms with van der Waals surface area (Å²) in [6, 6.07) is 5.43. The largest absolute Gasteiger partial charge is 0.334 e. The molecule has 1 heterocycles. The Kier molecular flexibility index (Phi) is 4.87. The fourth-order valence-electron chi connectivity index (χ4n) is 4.97. The summed E-state index contributed by atoms with van der Waals surface area (Å²) < 4.78 is 0. The number of imide groups is 2. The van der Waals surface area contributed by atoms with Gasteiger partial charge in [-0.3, -0.25) is 19.3 Å². The Hall–Kier alpha value is -2.41. The van der Waals surface area contributed by atoms with Gasteiger partial charge in [0.2, 0.25) is 5.91 Å². The number of amides is 5. The third-order valence-corrected chi connectivity index (χ3v) is 6.59. The molecule has 5 amide bonds. The number of fused-ring (bicyclic) bond motifs is 2. The summed E-state index contributed by atoms with van der Waals surface area (Å²) in [6.45, 7) is 1.34. The van der Waals surface area contributed by atoms with Crippen molar-refractivity contribution in [2.24, 2.45) is 17.8 Å². The minimum Gasteiger partial charge on any atom is -0.325 e. The van der Waals surface area contributed by atoms with Gasteiger partial charge in [-0.1, -0.05) is 18.0 Å². The zero-order valence-electron chi connectivity index (χ0n) is 15.6. The average molecular weight is 404 g/mol. The van der Waals surface area contributed by atoms with E-state index in [1.54, 1.807) is 24.3 Å². The molecule has 0 spiro atoms. The third-order valence-electron chi connectivity index (χ3n) is 6.33. The van der Waals surface area contributed by atoms with Gasteiger partial charge in [0.25, 0.3) is 0 Å². The van der Waals surface area contributed by atoms with E-state index in [1.165, 1.54) is 6.42 Å². The molecular weight excluding hydrogens is 382 g/mol.